The molecule has 3 heterocycles. The number of aliphatic hydroxyl groups is 1. The number of aliphatic hydroxyl groups excluding tert-OH is 1. The molecule has 3 N–H and O–H groups in total. The quantitative estimate of drug-likeness (QED) is 0.591. The van der Waals surface area contributed by atoms with Crippen LogP contribution in [0.5, 0.6) is 0 Å². The summed E-state index contributed by atoms with van der Waals surface area (Å²) in [5.41, 5.74) is 1.02. The van der Waals surface area contributed by atoms with E-state index in [0.717, 1.165) is 6.42 Å². The molecule has 9 nitrogen and oxygen atoms in total. The number of fused-ring (bicyclic) bond motifs is 1. The average Bonchev–Trinajstić information content (AvgIpc) is 3.15. The van der Waals surface area contributed by atoms with E-state index in [2.05, 4.69) is 26.8 Å². The van der Waals surface area contributed by atoms with Crippen LogP contribution in [0.1, 0.15) is 44.0 Å². The Morgan fingerprint density at radius 1 is 1.43 bits per heavy atom. The van der Waals surface area contributed by atoms with Gasteiger partial charge in [0, 0.05) is 25.8 Å². The minimum Gasteiger partial charge on any atom is -0.394 e. The largest absolute Gasteiger partial charge is 0.394 e. The Kier molecular flexibility index (Phi) is 6.40. The summed E-state index contributed by atoms with van der Waals surface area (Å²) in [6.45, 7) is 11.2. The van der Waals surface area contributed by atoms with Crippen molar-refractivity contribution in [2.24, 2.45) is 0 Å². The minimum atomic E-state index is -0.396. The summed E-state index contributed by atoms with van der Waals surface area (Å²) in [4.78, 5) is 40.9. The Hall–Kier alpha value is -2.94. The molecule has 9 heteroatoms. The molecule has 0 bridgehead atoms. The molecule has 1 aliphatic rings. The second-order valence-electron chi connectivity index (χ2n) is 8.20. The van der Waals surface area contributed by atoms with Gasteiger partial charge in [0.15, 0.2) is 5.65 Å². The van der Waals surface area contributed by atoms with Gasteiger partial charge in [-0.05, 0) is 26.3 Å². The number of aromatic nitrogens is 3. The van der Waals surface area contributed by atoms with Gasteiger partial charge in [0.05, 0.1) is 29.9 Å². The van der Waals surface area contributed by atoms with E-state index in [1.54, 1.807) is 17.3 Å². The number of H-pyrrole nitrogens is 1. The molecule has 0 aromatic carbocycles. The first-order chi connectivity index (χ1) is 14.3. The molecule has 1 saturated heterocycles. The van der Waals surface area contributed by atoms with Crippen LogP contribution in [0.2, 0.25) is 0 Å². The highest BCUT2D eigenvalue weighted by Gasteiger charge is 2.36. The van der Waals surface area contributed by atoms with Gasteiger partial charge in [-0.25, -0.2) is 9.97 Å². The van der Waals surface area contributed by atoms with E-state index in [1.165, 1.54) is 6.08 Å². The highest BCUT2D eigenvalue weighted by molar-refractivity contribution is 6.04. The molecule has 2 aromatic heterocycles. The highest BCUT2D eigenvalue weighted by atomic mass is 16.3. The summed E-state index contributed by atoms with van der Waals surface area (Å²) in [6, 6.07) is -0.292. The van der Waals surface area contributed by atoms with Crippen LogP contribution in [0, 0.1) is 0 Å². The third kappa shape index (κ3) is 4.30. The Labute approximate surface area is 176 Å². The monoisotopic (exact) mass is 414 g/mol. The molecule has 162 valence electrons. The molecule has 1 unspecified atom stereocenters. The van der Waals surface area contributed by atoms with Crippen molar-refractivity contribution in [1.82, 2.24) is 25.2 Å². The average molecular weight is 415 g/mol. The van der Waals surface area contributed by atoms with Gasteiger partial charge >= 0.3 is 0 Å². The number of piperazine rings is 1. The lowest BCUT2D eigenvalue weighted by molar-refractivity contribution is -0.131. The van der Waals surface area contributed by atoms with Crippen molar-refractivity contribution in [2.45, 2.75) is 45.2 Å². The lowest BCUT2D eigenvalue weighted by Gasteiger charge is -2.47. The van der Waals surface area contributed by atoms with Gasteiger partial charge in [0.2, 0.25) is 5.91 Å². The molecular weight excluding hydrogens is 384 g/mol. The lowest BCUT2D eigenvalue weighted by Crippen LogP contribution is -2.61. The number of amides is 2. The van der Waals surface area contributed by atoms with E-state index < -0.39 is 5.54 Å². The molecule has 30 heavy (non-hydrogen) atoms. The third-order valence-electron chi connectivity index (χ3n) is 5.47. The molecule has 1 aliphatic heterocycles. The fourth-order valence-electron chi connectivity index (χ4n) is 3.90. The van der Waals surface area contributed by atoms with E-state index in [1.807, 2.05) is 20.8 Å². The SMILES string of the molecule is C=CC(=O)N1CCN(c2cnc3[nH]cc(C(=O)NC(CO)CCC)c3n2)CC1(C)C. The summed E-state index contributed by atoms with van der Waals surface area (Å²) in [5.74, 6) is 0.278. The second-order valence-corrected chi connectivity index (χ2v) is 8.20. The van der Waals surface area contributed by atoms with Crippen molar-refractivity contribution in [2.75, 3.05) is 31.1 Å². The van der Waals surface area contributed by atoms with E-state index in [-0.39, 0.29) is 24.5 Å². The maximum atomic E-state index is 12.7. The Morgan fingerprint density at radius 2 is 2.20 bits per heavy atom. The number of carbonyl (C=O) groups is 2. The van der Waals surface area contributed by atoms with Gasteiger partial charge in [-0.1, -0.05) is 19.9 Å². The van der Waals surface area contributed by atoms with Crippen LogP contribution in [0.4, 0.5) is 5.82 Å². The number of rotatable bonds is 7. The smallest absolute Gasteiger partial charge is 0.255 e. The van der Waals surface area contributed by atoms with Crippen molar-refractivity contribution < 1.29 is 14.7 Å². The standard InChI is InChI=1S/C21H30N6O3/c1-5-7-14(12-28)24-20(30)15-10-22-19-18(15)25-16(11-23-19)26-8-9-27(17(29)6-2)21(3,4)13-26/h6,10-11,14,28H,2,5,7-9,12-13H2,1,3-4H3,(H,22,23)(H,24,30). The van der Waals surface area contributed by atoms with E-state index in [0.29, 0.717) is 48.6 Å². The topological polar surface area (TPSA) is 114 Å². The van der Waals surface area contributed by atoms with Gasteiger partial charge in [0.1, 0.15) is 11.3 Å². The van der Waals surface area contributed by atoms with Crippen LogP contribution in [0.15, 0.2) is 25.0 Å². The predicted octanol–water partition coefficient (Wildman–Crippen LogP) is 1.46. The molecule has 0 radical (unpaired) electrons. The maximum Gasteiger partial charge on any atom is 0.255 e. The molecule has 3 rings (SSSR count). The molecule has 1 fully saturated rings. The zero-order chi connectivity index (χ0) is 21.9. The van der Waals surface area contributed by atoms with Crippen LogP contribution < -0.4 is 10.2 Å². The van der Waals surface area contributed by atoms with Crippen molar-refractivity contribution in [1.29, 1.82) is 0 Å². The van der Waals surface area contributed by atoms with Crippen LogP contribution in [-0.4, -0.2) is 74.6 Å². The molecule has 0 saturated carbocycles. The number of nitrogens with one attached hydrogen (secondary N) is 2. The highest BCUT2D eigenvalue weighted by Crippen LogP contribution is 2.26. The number of hydrogen-bond acceptors (Lipinski definition) is 6. The summed E-state index contributed by atoms with van der Waals surface area (Å²) in [5, 5.41) is 12.3. The first kappa shape index (κ1) is 21.8. The molecule has 0 spiro atoms. The van der Waals surface area contributed by atoms with Gasteiger partial charge in [-0.3, -0.25) is 9.59 Å². The molecule has 1 atom stereocenters. The fraction of sp³-hybridized carbons (Fsp3) is 0.524. The molecule has 2 amide bonds. The Morgan fingerprint density at radius 3 is 2.83 bits per heavy atom. The van der Waals surface area contributed by atoms with E-state index >= 15 is 0 Å². The second kappa shape index (κ2) is 8.83. The first-order valence-electron chi connectivity index (χ1n) is 10.3. The van der Waals surface area contributed by atoms with Crippen molar-refractivity contribution in [3.8, 4) is 0 Å². The molecular formula is C21H30N6O3. The number of nitrogens with zero attached hydrogens (tertiary/aromatic N) is 4. The minimum absolute atomic E-state index is 0.0868. The van der Waals surface area contributed by atoms with Gasteiger partial charge in [-0.2, -0.15) is 0 Å². The summed E-state index contributed by atoms with van der Waals surface area (Å²) in [6.07, 6.45) is 6.17. The first-order valence-corrected chi connectivity index (χ1v) is 10.3. The van der Waals surface area contributed by atoms with Gasteiger partial charge in [0.25, 0.3) is 5.91 Å². The van der Waals surface area contributed by atoms with Crippen LogP contribution in [-0.2, 0) is 4.79 Å². The van der Waals surface area contributed by atoms with E-state index in [9.17, 15) is 14.7 Å². The molecule has 0 aliphatic carbocycles. The Bertz CT molecular complexity index is 938. The van der Waals surface area contributed by atoms with Crippen LogP contribution in [0.3, 0.4) is 0 Å². The fourth-order valence-corrected chi connectivity index (χ4v) is 3.90. The number of anilines is 1. The number of aromatic amines is 1. The zero-order valence-corrected chi connectivity index (χ0v) is 17.8. The maximum absolute atomic E-state index is 12.7. The van der Waals surface area contributed by atoms with Crippen LogP contribution in [0.25, 0.3) is 11.2 Å². The van der Waals surface area contributed by atoms with Crippen molar-refractivity contribution >= 4 is 28.8 Å². The van der Waals surface area contributed by atoms with Crippen molar-refractivity contribution in [3.63, 3.8) is 0 Å². The summed E-state index contributed by atoms with van der Waals surface area (Å²) < 4.78 is 0. The number of hydrogen-bond donors (Lipinski definition) is 3. The summed E-state index contributed by atoms with van der Waals surface area (Å²) in [7, 11) is 0. The molecule has 2 aromatic rings. The van der Waals surface area contributed by atoms with Gasteiger partial charge in [-0.15, -0.1) is 0 Å². The van der Waals surface area contributed by atoms with Crippen LogP contribution >= 0.6 is 0 Å². The van der Waals surface area contributed by atoms with Crippen molar-refractivity contribution in [3.05, 3.63) is 30.6 Å². The van der Waals surface area contributed by atoms with E-state index in [4.69, 9.17) is 4.98 Å². The summed E-state index contributed by atoms with van der Waals surface area (Å²) >= 11 is 0. The zero-order valence-electron chi connectivity index (χ0n) is 17.8. The third-order valence-corrected chi connectivity index (χ3v) is 5.47. The van der Waals surface area contributed by atoms with Gasteiger partial charge < -0.3 is 25.2 Å². The number of carbonyl (C=O) groups excluding carboxylic acids is 2. The predicted molar refractivity (Wildman–Crippen MR) is 115 cm³/mol. The lowest BCUT2D eigenvalue weighted by atomic mass is 9.98. The normalized spacial score (nSPS) is 17.1. The Balaban J connectivity index is 1.84.